The molecule has 0 radical (unpaired) electrons. The molecule has 1 fully saturated rings. The number of hydrogen-bond acceptors (Lipinski definition) is 5. The van der Waals surface area contributed by atoms with Crippen LogP contribution in [0.15, 0.2) is 16.7 Å². The lowest BCUT2D eigenvalue weighted by atomic mass is 10.3. The Balaban J connectivity index is 1.71. The van der Waals surface area contributed by atoms with E-state index in [0.717, 1.165) is 32.8 Å². The van der Waals surface area contributed by atoms with Gasteiger partial charge in [0.15, 0.2) is 18.2 Å². The highest BCUT2D eigenvalue weighted by molar-refractivity contribution is 9.10. The highest BCUT2D eigenvalue weighted by Gasteiger charge is 2.27. The van der Waals surface area contributed by atoms with Crippen molar-refractivity contribution in [3.05, 3.63) is 16.7 Å². The summed E-state index contributed by atoms with van der Waals surface area (Å²) in [5, 5.41) is 0. The number of halogens is 1. The van der Waals surface area contributed by atoms with Gasteiger partial charge in [-0.1, -0.05) is 0 Å². The molecule has 0 bridgehead atoms. The highest BCUT2D eigenvalue weighted by Crippen LogP contribution is 2.31. The van der Waals surface area contributed by atoms with Crippen LogP contribution < -0.4 is 9.64 Å². The summed E-state index contributed by atoms with van der Waals surface area (Å²) < 4.78 is 11.4. The molecule has 2 aliphatic rings. The molecule has 1 amide bonds. The average molecular weight is 342 g/mol. The molecule has 0 spiro atoms. The van der Waals surface area contributed by atoms with E-state index in [9.17, 15) is 4.79 Å². The van der Waals surface area contributed by atoms with Crippen LogP contribution in [0.2, 0.25) is 0 Å². The smallest absolute Gasteiger partial charge is 0.266 e. The lowest BCUT2D eigenvalue weighted by Crippen LogP contribution is -2.46. The lowest BCUT2D eigenvalue weighted by Gasteiger charge is -2.32. The number of pyridine rings is 1. The summed E-state index contributed by atoms with van der Waals surface area (Å²) in [5.41, 5.74) is 0. The van der Waals surface area contributed by atoms with E-state index in [1.54, 1.807) is 4.90 Å². The standard InChI is InChI=1S/C13H16BrN3O3/c14-11-2-1-10-13(15-11)17(12(18)9-20-10)4-3-16-5-7-19-8-6-16/h1-2H,3-9H2. The van der Waals surface area contributed by atoms with Crippen LogP contribution in [-0.2, 0) is 9.53 Å². The molecule has 1 saturated heterocycles. The maximum atomic E-state index is 12.0. The van der Waals surface area contributed by atoms with Gasteiger partial charge in [0.1, 0.15) is 4.60 Å². The molecule has 2 aliphatic heterocycles. The third kappa shape index (κ3) is 2.94. The van der Waals surface area contributed by atoms with E-state index in [2.05, 4.69) is 25.8 Å². The van der Waals surface area contributed by atoms with Crippen LogP contribution in [0.1, 0.15) is 0 Å². The number of anilines is 1. The van der Waals surface area contributed by atoms with Gasteiger partial charge in [-0.05, 0) is 28.1 Å². The van der Waals surface area contributed by atoms with Crippen molar-refractivity contribution < 1.29 is 14.3 Å². The second kappa shape index (κ2) is 6.07. The molecule has 6 nitrogen and oxygen atoms in total. The Morgan fingerprint density at radius 2 is 2.05 bits per heavy atom. The molecular weight excluding hydrogens is 326 g/mol. The molecule has 1 aromatic rings. The third-order valence-corrected chi connectivity index (χ3v) is 3.90. The number of amides is 1. The molecule has 108 valence electrons. The number of hydrogen-bond donors (Lipinski definition) is 0. The maximum Gasteiger partial charge on any atom is 0.266 e. The molecule has 20 heavy (non-hydrogen) atoms. The first-order valence-electron chi connectivity index (χ1n) is 6.64. The van der Waals surface area contributed by atoms with Crippen molar-refractivity contribution >= 4 is 27.7 Å². The van der Waals surface area contributed by atoms with Crippen LogP contribution in [-0.4, -0.2) is 61.8 Å². The number of morpholine rings is 1. The molecule has 0 saturated carbocycles. The Bertz CT molecular complexity index is 506. The van der Waals surface area contributed by atoms with Gasteiger partial charge in [0.2, 0.25) is 0 Å². The van der Waals surface area contributed by atoms with Crippen molar-refractivity contribution in [2.45, 2.75) is 0 Å². The largest absolute Gasteiger partial charge is 0.480 e. The van der Waals surface area contributed by atoms with Gasteiger partial charge in [-0.3, -0.25) is 14.6 Å². The van der Waals surface area contributed by atoms with Crippen molar-refractivity contribution in [3.8, 4) is 5.75 Å². The summed E-state index contributed by atoms with van der Waals surface area (Å²) in [5.74, 6) is 1.22. The van der Waals surface area contributed by atoms with E-state index in [0.29, 0.717) is 22.7 Å². The molecule has 0 aromatic carbocycles. The molecule has 0 atom stereocenters. The Kier molecular flexibility index (Phi) is 4.18. The Labute approximate surface area is 125 Å². The van der Waals surface area contributed by atoms with Gasteiger partial charge in [0, 0.05) is 26.2 Å². The summed E-state index contributed by atoms with van der Waals surface area (Å²) in [6.45, 7) is 4.88. The fraction of sp³-hybridized carbons (Fsp3) is 0.538. The molecular formula is C13H16BrN3O3. The minimum Gasteiger partial charge on any atom is -0.480 e. The van der Waals surface area contributed by atoms with Crippen molar-refractivity contribution in [2.75, 3.05) is 50.9 Å². The van der Waals surface area contributed by atoms with Crippen LogP contribution >= 0.6 is 15.9 Å². The SMILES string of the molecule is O=C1COc2ccc(Br)nc2N1CCN1CCOCC1. The topological polar surface area (TPSA) is 54.9 Å². The predicted octanol–water partition coefficient (Wildman–Crippen LogP) is 0.902. The lowest BCUT2D eigenvalue weighted by molar-refractivity contribution is -0.121. The summed E-state index contributed by atoms with van der Waals surface area (Å²) in [4.78, 5) is 20.4. The number of fused-ring (bicyclic) bond motifs is 1. The highest BCUT2D eigenvalue weighted by atomic mass is 79.9. The van der Waals surface area contributed by atoms with Gasteiger partial charge < -0.3 is 9.47 Å². The second-order valence-electron chi connectivity index (χ2n) is 4.74. The predicted molar refractivity (Wildman–Crippen MR) is 77.0 cm³/mol. The Hall–Kier alpha value is -1.18. The summed E-state index contributed by atoms with van der Waals surface area (Å²) >= 11 is 3.33. The minimum absolute atomic E-state index is 0.0450. The van der Waals surface area contributed by atoms with Crippen LogP contribution in [0.3, 0.4) is 0 Å². The Morgan fingerprint density at radius 3 is 2.85 bits per heavy atom. The summed E-state index contributed by atoms with van der Waals surface area (Å²) in [7, 11) is 0. The first kappa shape index (κ1) is 13.8. The number of aromatic nitrogens is 1. The van der Waals surface area contributed by atoms with E-state index in [-0.39, 0.29) is 12.5 Å². The van der Waals surface area contributed by atoms with Crippen LogP contribution in [0.5, 0.6) is 5.75 Å². The van der Waals surface area contributed by atoms with Gasteiger partial charge in [0.05, 0.1) is 13.2 Å². The molecule has 3 rings (SSSR count). The zero-order valence-electron chi connectivity index (χ0n) is 11.0. The zero-order valence-corrected chi connectivity index (χ0v) is 12.6. The van der Waals surface area contributed by atoms with E-state index >= 15 is 0 Å². The quantitative estimate of drug-likeness (QED) is 0.764. The molecule has 0 unspecified atom stereocenters. The van der Waals surface area contributed by atoms with E-state index in [1.165, 1.54) is 0 Å². The van der Waals surface area contributed by atoms with Gasteiger partial charge in [0.25, 0.3) is 5.91 Å². The van der Waals surface area contributed by atoms with E-state index in [4.69, 9.17) is 9.47 Å². The normalized spacial score (nSPS) is 19.6. The van der Waals surface area contributed by atoms with Crippen molar-refractivity contribution in [1.29, 1.82) is 0 Å². The first-order chi connectivity index (χ1) is 9.74. The summed E-state index contributed by atoms with van der Waals surface area (Å²) in [6.07, 6.45) is 0. The molecule has 3 heterocycles. The van der Waals surface area contributed by atoms with Crippen molar-refractivity contribution in [1.82, 2.24) is 9.88 Å². The van der Waals surface area contributed by atoms with Gasteiger partial charge >= 0.3 is 0 Å². The summed E-state index contributed by atoms with van der Waals surface area (Å²) in [6, 6.07) is 3.65. The molecule has 0 N–H and O–H groups in total. The second-order valence-corrected chi connectivity index (χ2v) is 5.56. The van der Waals surface area contributed by atoms with Crippen molar-refractivity contribution in [2.24, 2.45) is 0 Å². The van der Waals surface area contributed by atoms with Gasteiger partial charge in [-0.25, -0.2) is 4.98 Å². The Morgan fingerprint density at radius 1 is 1.25 bits per heavy atom. The number of carbonyl (C=O) groups excluding carboxylic acids is 1. The van der Waals surface area contributed by atoms with Crippen LogP contribution in [0.25, 0.3) is 0 Å². The van der Waals surface area contributed by atoms with Crippen LogP contribution in [0, 0.1) is 0 Å². The monoisotopic (exact) mass is 341 g/mol. The fourth-order valence-corrected chi connectivity index (χ4v) is 2.65. The number of carbonyl (C=O) groups is 1. The molecule has 7 heteroatoms. The average Bonchev–Trinajstić information content (AvgIpc) is 2.47. The van der Waals surface area contributed by atoms with Gasteiger partial charge in [-0.15, -0.1) is 0 Å². The van der Waals surface area contributed by atoms with Crippen LogP contribution in [0.4, 0.5) is 5.82 Å². The van der Waals surface area contributed by atoms with E-state index < -0.39 is 0 Å². The zero-order chi connectivity index (χ0) is 13.9. The molecule has 0 aliphatic carbocycles. The fourth-order valence-electron chi connectivity index (χ4n) is 2.35. The molecule has 1 aromatic heterocycles. The van der Waals surface area contributed by atoms with Gasteiger partial charge in [-0.2, -0.15) is 0 Å². The maximum absolute atomic E-state index is 12.0. The van der Waals surface area contributed by atoms with E-state index in [1.807, 2.05) is 12.1 Å². The minimum atomic E-state index is -0.0450. The number of nitrogens with zero attached hydrogens (tertiary/aromatic N) is 3. The van der Waals surface area contributed by atoms with Crippen molar-refractivity contribution in [3.63, 3.8) is 0 Å². The first-order valence-corrected chi connectivity index (χ1v) is 7.43. The number of ether oxygens (including phenoxy) is 2. The third-order valence-electron chi connectivity index (χ3n) is 3.46. The number of rotatable bonds is 3.